The summed E-state index contributed by atoms with van der Waals surface area (Å²) in [5.74, 6) is -0.413. The van der Waals surface area contributed by atoms with Gasteiger partial charge in [0.1, 0.15) is 19.8 Å². The van der Waals surface area contributed by atoms with Crippen LogP contribution >= 0.6 is 0 Å². The molecule has 35 heavy (non-hydrogen) atoms. The van der Waals surface area contributed by atoms with Gasteiger partial charge < -0.3 is 42.8 Å². The number of carbonyl (C=O) groups excluding carboxylic acids is 2. The Morgan fingerprint density at radius 3 is 1.97 bits per heavy atom. The van der Waals surface area contributed by atoms with E-state index < -0.39 is 24.2 Å². The van der Waals surface area contributed by atoms with Crippen LogP contribution in [-0.2, 0) is 14.3 Å². The van der Waals surface area contributed by atoms with Gasteiger partial charge in [0.25, 0.3) is 0 Å². The van der Waals surface area contributed by atoms with Crippen LogP contribution in [0.3, 0.4) is 0 Å². The monoisotopic (exact) mass is 504 g/mol. The van der Waals surface area contributed by atoms with Crippen molar-refractivity contribution in [1.82, 2.24) is 10.2 Å². The molecule has 0 radical (unpaired) electrons. The third-order valence-corrected chi connectivity index (χ3v) is 5.45. The van der Waals surface area contributed by atoms with Crippen molar-refractivity contribution in [3.63, 3.8) is 0 Å². The lowest BCUT2D eigenvalue weighted by Gasteiger charge is -2.24. The fourth-order valence-corrected chi connectivity index (χ4v) is 3.47. The minimum atomic E-state index is -1.41. The summed E-state index contributed by atoms with van der Waals surface area (Å²) >= 11 is 0. The zero-order chi connectivity index (χ0) is 26.3. The van der Waals surface area contributed by atoms with E-state index in [4.69, 9.17) is 32.8 Å². The fraction of sp³-hybridized carbons (Fsp3) is 0.870. The zero-order valence-electron chi connectivity index (χ0n) is 21.1. The SMILES string of the molecule is NCCCCCCCN(CC(=O)N[C@H](CCCCN)COC(=O)O)C(=O)OC[C@@H](N)CCCCN. The highest BCUT2D eigenvalue weighted by atomic mass is 16.7. The molecular formula is C23H48N6O6. The van der Waals surface area contributed by atoms with Crippen molar-refractivity contribution in [3.05, 3.63) is 0 Å². The number of carboxylic acid groups (broad SMARTS) is 1. The van der Waals surface area contributed by atoms with Gasteiger partial charge in [-0.25, -0.2) is 9.59 Å². The van der Waals surface area contributed by atoms with Crippen LogP contribution in [0.4, 0.5) is 9.59 Å². The average molecular weight is 505 g/mol. The van der Waals surface area contributed by atoms with Crippen LogP contribution in [0.2, 0.25) is 0 Å². The molecule has 12 nitrogen and oxygen atoms in total. The molecule has 2 atom stereocenters. The maximum Gasteiger partial charge on any atom is 0.505 e. The van der Waals surface area contributed by atoms with Gasteiger partial charge in [-0.05, 0) is 58.2 Å². The zero-order valence-corrected chi connectivity index (χ0v) is 21.1. The molecule has 0 saturated carbocycles. The number of unbranched alkanes of at least 4 members (excludes halogenated alkanes) is 6. The quantitative estimate of drug-likeness (QED) is 0.0912. The third kappa shape index (κ3) is 19.8. The predicted octanol–water partition coefficient (Wildman–Crippen LogP) is 1.10. The van der Waals surface area contributed by atoms with Crippen molar-refractivity contribution < 1.29 is 29.0 Å². The highest BCUT2D eigenvalue weighted by molar-refractivity contribution is 5.82. The second-order valence-corrected chi connectivity index (χ2v) is 8.73. The lowest BCUT2D eigenvalue weighted by atomic mass is 10.1. The molecule has 2 amide bonds. The molecule has 0 saturated heterocycles. The lowest BCUT2D eigenvalue weighted by molar-refractivity contribution is -0.123. The molecule has 0 aromatic carbocycles. The molecule has 10 N–H and O–H groups in total. The number of ether oxygens (including phenoxy) is 2. The molecule has 0 rings (SSSR count). The number of carbonyl (C=O) groups is 3. The number of nitrogens with two attached hydrogens (primary N) is 4. The smallest absolute Gasteiger partial charge is 0.450 e. The minimum absolute atomic E-state index is 0.0617. The highest BCUT2D eigenvalue weighted by Gasteiger charge is 2.22. The molecule has 0 aliphatic rings. The van der Waals surface area contributed by atoms with Crippen molar-refractivity contribution >= 4 is 18.2 Å². The van der Waals surface area contributed by atoms with Crippen molar-refractivity contribution in [3.8, 4) is 0 Å². The summed E-state index contributed by atoms with van der Waals surface area (Å²) in [6, 6.07) is -0.798. The van der Waals surface area contributed by atoms with E-state index in [-0.39, 0.29) is 25.8 Å². The largest absolute Gasteiger partial charge is 0.505 e. The summed E-state index contributed by atoms with van der Waals surface area (Å²) in [5.41, 5.74) is 22.5. The Balaban J connectivity index is 4.88. The molecule has 0 bridgehead atoms. The van der Waals surface area contributed by atoms with Crippen LogP contribution in [0.1, 0.15) is 70.6 Å². The van der Waals surface area contributed by atoms with Crippen molar-refractivity contribution in [2.24, 2.45) is 22.9 Å². The number of nitrogens with one attached hydrogen (secondary N) is 1. The maximum atomic E-state index is 12.7. The molecule has 0 spiro atoms. The normalized spacial score (nSPS) is 12.6. The number of rotatable bonds is 22. The van der Waals surface area contributed by atoms with Gasteiger partial charge in [-0.15, -0.1) is 0 Å². The second-order valence-electron chi connectivity index (χ2n) is 8.73. The van der Waals surface area contributed by atoms with Gasteiger partial charge in [0.2, 0.25) is 5.91 Å². The van der Waals surface area contributed by atoms with Gasteiger partial charge in [-0.1, -0.05) is 32.1 Å². The Morgan fingerprint density at radius 2 is 1.34 bits per heavy atom. The van der Waals surface area contributed by atoms with E-state index in [2.05, 4.69) is 10.1 Å². The Kier molecular flexibility index (Phi) is 21.0. The number of hydrogen-bond acceptors (Lipinski definition) is 9. The molecule has 0 unspecified atom stereocenters. The number of hydrogen-bond donors (Lipinski definition) is 6. The first kappa shape index (κ1) is 32.8. The summed E-state index contributed by atoms with van der Waals surface area (Å²) in [7, 11) is 0. The van der Waals surface area contributed by atoms with E-state index in [1.54, 1.807) is 0 Å². The van der Waals surface area contributed by atoms with Crippen LogP contribution in [0, 0.1) is 0 Å². The van der Waals surface area contributed by atoms with E-state index in [1.165, 1.54) is 4.90 Å². The van der Waals surface area contributed by atoms with Gasteiger partial charge in [-0.3, -0.25) is 9.69 Å². The Labute approximate surface area is 209 Å². The predicted molar refractivity (Wildman–Crippen MR) is 135 cm³/mol. The van der Waals surface area contributed by atoms with E-state index in [9.17, 15) is 14.4 Å². The summed E-state index contributed by atoms with van der Waals surface area (Å²) in [4.78, 5) is 37.5. The van der Waals surface area contributed by atoms with Crippen molar-refractivity contribution in [2.75, 3.05) is 45.9 Å². The van der Waals surface area contributed by atoms with E-state index in [1.807, 2.05) is 0 Å². The van der Waals surface area contributed by atoms with Crippen molar-refractivity contribution in [2.45, 2.75) is 82.7 Å². The molecule has 0 heterocycles. The molecule has 0 aliphatic heterocycles. The molecule has 0 aromatic heterocycles. The summed E-state index contributed by atoms with van der Waals surface area (Å²) in [5, 5.41) is 11.6. The molecule has 0 aliphatic carbocycles. The standard InChI is InChI=1S/C23H48N6O6/c24-12-6-2-1-3-9-15-29(22(31)34-17-19(27)10-4-7-13-25)16-21(30)28-20(11-5-8-14-26)18-35-23(32)33/h19-20H,1-18,24-27H2,(H,28,30)(H,32,33)/t19-,20+/m0/s1. The maximum absolute atomic E-state index is 12.7. The van der Waals surface area contributed by atoms with Gasteiger partial charge >= 0.3 is 12.2 Å². The minimum Gasteiger partial charge on any atom is -0.450 e. The van der Waals surface area contributed by atoms with Crippen molar-refractivity contribution in [1.29, 1.82) is 0 Å². The van der Waals surface area contributed by atoms with E-state index in [0.717, 1.165) is 51.4 Å². The topological polar surface area (TPSA) is 209 Å². The van der Waals surface area contributed by atoms with E-state index in [0.29, 0.717) is 45.4 Å². The summed E-state index contributed by atoms with van der Waals surface area (Å²) in [6.45, 7) is 1.79. The first-order valence-electron chi connectivity index (χ1n) is 12.8. The van der Waals surface area contributed by atoms with Gasteiger partial charge in [0.05, 0.1) is 6.04 Å². The average Bonchev–Trinajstić information content (AvgIpc) is 2.82. The molecule has 12 heteroatoms. The molecule has 0 fully saturated rings. The van der Waals surface area contributed by atoms with Gasteiger partial charge in [-0.2, -0.15) is 0 Å². The third-order valence-electron chi connectivity index (χ3n) is 5.45. The fourth-order valence-electron chi connectivity index (χ4n) is 3.47. The van der Waals surface area contributed by atoms with Crippen LogP contribution in [0.25, 0.3) is 0 Å². The second kappa shape index (κ2) is 22.3. The van der Waals surface area contributed by atoms with Gasteiger partial charge in [0, 0.05) is 12.6 Å². The van der Waals surface area contributed by atoms with Crippen LogP contribution < -0.4 is 28.3 Å². The summed E-state index contributed by atoms with van der Waals surface area (Å²) in [6.07, 6.45) is 6.96. The lowest BCUT2D eigenvalue weighted by Crippen LogP contribution is -2.46. The molecule has 206 valence electrons. The Morgan fingerprint density at radius 1 is 0.771 bits per heavy atom. The number of nitrogens with zero attached hydrogens (tertiary/aromatic N) is 1. The Hall–Kier alpha value is -2.15. The van der Waals surface area contributed by atoms with Crippen LogP contribution in [0.5, 0.6) is 0 Å². The van der Waals surface area contributed by atoms with Crippen LogP contribution in [0.15, 0.2) is 0 Å². The number of amides is 2. The molecular weight excluding hydrogens is 456 g/mol. The Bertz CT molecular complexity index is 569. The first-order chi connectivity index (χ1) is 16.8. The van der Waals surface area contributed by atoms with E-state index >= 15 is 0 Å². The first-order valence-corrected chi connectivity index (χ1v) is 12.8. The van der Waals surface area contributed by atoms with Crippen LogP contribution in [-0.4, -0.2) is 86.2 Å². The highest BCUT2D eigenvalue weighted by Crippen LogP contribution is 2.07. The summed E-state index contributed by atoms with van der Waals surface area (Å²) < 4.78 is 10.0. The molecule has 0 aromatic rings. The van der Waals surface area contributed by atoms with Gasteiger partial charge in [0.15, 0.2) is 0 Å².